The van der Waals surface area contributed by atoms with Crippen molar-refractivity contribution in [2.75, 3.05) is 7.11 Å². The molecule has 30 heavy (non-hydrogen) atoms. The highest BCUT2D eigenvalue weighted by atomic mass is 19.1. The van der Waals surface area contributed by atoms with Crippen LogP contribution < -0.4 is 9.47 Å². The molecule has 0 radical (unpaired) electrons. The molecule has 0 saturated carbocycles. The predicted octanol–water partition coefficient (Wildman–Crippen LogP) is 6.14. The van der Waals surface area contributed by atoms with Crippen LogP contribution in [0.2, 0.25) is 0 Å². The average molecular weight is 402 g/mol. The van der Waals surface area contributed by atoms with Gasteiger partial charge in [-0.25, -0.2) is 4.39 Å². The lowest BCUT2D eigenvalue weighted by Gasteiger charge is -2.22. The summed E-state index contributed by atoms with van der Waals surface area (Å²) in [7, 11) is 1.60. The zero-order valence-electron chi connectivity index (χ0n) is 17.2. The lowest BCUT2D eigenvalue weighted by atomic mass is 9.88. The Morgan fingerprint density at radius 1 is 1.13 bits per heavy atom. The summed E-state index contributed by atoms with van der Waals surface area (Å²) in [5.41, 5.74) is 4.36. The number of halogens is 1. The standard InChI is InChI=1S/C25H23FN2O2/c1-17(2)22-15-23(29-3)25(30-16-18-10-13-28-14-11-18)24(21(22)5-4-12-27)19-6-8-20(26)9-7-19/h4-11,13-15,17H,16H2,1-3H3. The van der Waals surface area contributed by atoms with Crippen molar-refractivity contribution in [3.05, 3.63) is 83.4 Å². The van der Waals surface area contributed by atoms with Gasteiger partial charge < -0.3 is 9.47 Å². The number of allylic oxidation sites excluding steroid dienone is 1. The lowest BCUT2D eigenvalue weighted by Crippen LogP contribution is -2.04. The Morgan fingerprint density at radius 2 is 1.83 bits per heavy atom. The maximum absolute atomic E-state index is 13.6. The normalized spacial score (nSPS) is 10.9. The van der Waals surface area contributed by atoms with Gasteiger partial charge in [-0.05, 0) is 64.6 Å². The van der Waals surface area contributed by atoms with Crippen molar-refractivity contribution in [1.29, 1.82) is 5.26 Å². The van der Waals surface area contributed by atoms with E-state index in [1.165, 1.54) is 18.2 Å². The van der Waals surface area contributed by atoms with E-state index < -0.39 is 0 Å². The van der Waals surface area contributed by atoms with Gasteiger partial charge in [-0.2, -0.15) is 5.26 Å². The van der Waals surface area contributed by atoms with Gasteiger partial charge in [0.15, 0.2) is 11.5 Å². The average Bonchev–Trinajstić information content (AvgIpc) is 2.76. The second-order valence-corrected chi connectivity index (χ2v) is 7.05. The van der Waals surface area contributed by atoms with Gasteiger partial charge in [0.05, 0.1) is 13.2 Å². The number of nitriles is 1. The van der Waals surface area contributed by atoms with Gasteiger partial charge in [0, 0.05) is 24.0 Å². The molecule has 5 heteroatoms. The van der Waals surface area contributed by atoms with E-state index in [4.69, 9.17) is 14.7 Å². The summed E-state index contributed by atoms with van der Waals surface area (Å²) in [4.78, 5) is 4.03. The third kappa shape index (κ3) is 4.66. The van der Waals surface area contributed by atoms with E-state index in [-0.39, 0.29) is 11.7 Å². The number of rotatable bonds is 7. The number of methoxy groups -OCH3 is 1. The van der Waals surface area contributed by atoms with Crippen LogP contribution in [0.3, 0.4) is 0 Å². The molecule has 2 aromatic carbocycles. The number of hydrogen-bond acceptors (Lipinski definition) is 4. The molecule has 3 rings (SSSR count). The van der Waals surface area contributed by atoms with Crippen molar-refractivity contribution in [1.82, 2.24) is 4.98 Å². The van der Waals surface area contributed by atoms with E-state index in [0.29, 0.717) is 18.1 Å². The summed E-state index contributed by atoms with van der Waals surface area (Å²) in [6, 6.07) is 14.0. The molecular weight excluding hydrogens is 379 g/mol. The lowest BCUT2D eigenvalue weighted by molar-refractivity contribution is 0.285. The van der Waals surface area contributed by atoms with Gasteiger partial charge >= 0.3 is 0 Å². The SMILES string of the molecule is COc1cc(C(C)C)c(C=CC#N)c(-c2ccc(F)cc2)c1OCc1ccncc1. The van der Waals surface area contributed by atoms with Crippen molar-refractivity contribution in [3.63, 3.8) is 0 Å². The van der Waals surface area contributed by atoms with Crippen molar-refractivity contribution >= 4 is 6.08 Å². The minimum absolute atomic E-state index is 0.172. The highest BCUT2D eigenvalue weighted by Crippen LogP contribution is 2.45. The van der Waals surface area contributed by atoms with Crippen LogP contribution in [0.1, 0.15) is 36.5 Å². The molecule has 0 amide bonds. The molecule has 0 aliphatic rings. The van der Waals surface area contributed by atoms with Gasteiger partial charge in [-0.15, -0.1) is 0 Å². The quantitative estimate of drug-likeness (QED) is 0.446. The zero-order valence-corrected chi connectivity index (χ0v) is 17.2. The van der Waals surface area contributed by atoms with Crippen LogP contribution in [0.25, 0.3) is 17.2 Å². The number of ether oxygens (including phenoxy) is 2. The second kappa shape index (κ2) is 9.71. The molecule has 0 spiro atoms. The Kier molecular flexibility index (Phi) is 6.82. The minimum atomic E-state index is -0.320. The molecule has 0 bridgehead atoms. The minimum Gasteiger partial charge on any atom is -0.493 e. The molecule has 152 valence electrons. The fourth-order valence-corrected chi connectivity index (χ4v) is 3.28. The number of aromatic nitrogens is 1. The maximum Gasteiger partial charge on any atom is 0.170 e. The molecule has 0 atom stereocenters. The zero-order chi connectivity index (χ0) is 21.5. The van der Waals surface area contributed by atoms with Crippen molar-refractivity contribution in [2.24, 2.45) is 0 Å². The van der Waals surface area contributed by atoms with E-state index in [2.05, 4.69) is 24.9 Å². The number of pyridine rings is 1. The third-order valence-electron chi connectivity index (χ3n) is 4.75. The summed E-state index contributed by atoms with van der Waals surface area (Å²) in [5, 5.41) is 9.13. The van der Waals surface area contributed by atoms with Crippen molar-refractivity contribution in [2.45, 2.75) is 26.4 Å². The van der Waals surface area contributed by atoms with Crippen molar-refractivity contribution in [3.8, 4) is 28.7 Å². The molecule has 1 aromatic heterocycles. The first-order chi connectivity index (χ1) is 14.5. The highest BCUT2D eigenvalue weighted by molar-refractivity contribution is 5.85. The van der Waals surface area contributed by atoms with E-state index in [0.717, 1.165) is 27.8 Å². The van der Waals surface area contributed by atoms with Crippen LogP contribution in [-0.4, -0.2) is 12.1 Å². The molecule has 0 N–H and O–H groups in total. The molecule has 0 unspecified atom stereocenters. The number of hydrogen-bond donors (Lipinski definition) is 0. The first kappa shape index (κ1) is 21.1. The smallest absolute Gasteiger partial charge is 0.170 e. The van der Waals surface area contributed by atoms with E-state index in [9.17, 15) is 4.39 Å². The van der Waals surface area contributed by atoms with Gasteiger partial charge in [-0.3, -0.25) is 4.98 Å². The number of nitrogens with zero attached hydrogens (tertiary/aromatic N) is 2. The Bertz CT molecular complexity index is 1070. The summed E-state index contributed by atoms with van der Waals surface area (Å²) >= 11 is 0. The molecule has 0 fully saturated rings. The summed E-state index contributed by atoms with van der Waals surface area (Å²) < 4.78 is 25.5. The third-order valence-corrected chi connectivity index (χ3v) is 4.75. The van der Waals surface area contributed by atoms with E-state index in [1.807, 2.05) is 18.2 Å². The Morgan fingerprint density at radius 3 is 2.43 bits per heavy atom. The van der Waals surface area contributed by atoms with Crippen LogP contribution >= 0.6 is 0 Å². The topological polar surface area (TPSA) is 55.1 Å². The highest BCUT2D eigenvalue weighted by Gasteiger charge is 2.22. The summed E-state index contributed by atoms with van der Waals surface area (Å²) in [5.74, 6) is 0.980. The van der Waals surface area contributed by atoms with Crippen LogP contribution in [0.4, 0.5) is 4.39 Å². The van der Waals surface area contributed by atoms with E-state index in [1.54, 1.807) is 37.7 Å². The molecule has 0 aliphatic heterocycles. The Labute approximate surface area is 176 Å². The van der Waals surface area contributed by atoms with Gasteiger partial charge in [0.1, 0.15) is 12.4 Å². The summed E-state index contributed by atoms with van der Waals surface area (Å²) in [6.07, 6.45) is 6.62. The molecule has 3 aromatic rings. The van der Waals surface area contributed by atoms with Crippen molar-refractivity contribution < 1.29 is 13.9 Å². The summed E-state index contributed by atoms with van der Waals surface area (Å²) in [6.45, 7) is 4.46. The maximum atomic E-state index is 13.6. The van der Waals surface area contributed by atoms with Gasteiger partial charge in [0.25, 0.3) is 0 Å². The van der Waals surface area contributed by atoms with Gasteiger partial charge in [-0.1, -0.05) is 26.0 Å². The largest absolute Gasteiger partial charge is 0.493 e. The fourth-order valence-electron chi connectivity index (χ4n) is 3.28. The van der Waals surface area contributed by atoms with Crippen LogP contribution in [0.15, 0.2) is 60.9 Å². The molecule has 4 nitrogen and oxygen atoms in total. The predicted molar refractivity (Wildman–Crippen MR) is 116 cm³/mol. The molecule has 0 aliphatic carbocycles. The van der Waals surface area contributed by atoms with Crippen LogP contribution in [0.5, 0.6) is 11.5 Å². The Hall–Kier alpha value is -3.65. The van der Waals surface area contributed by atoms with Crippen LogP contribution in [0, 0.1) is 17.1 Å². The second-order valence-electron chi connectivity index (χ2n) is 7.05. The number of benzene rings is 2. The molecule has 0 saturated heterocycles. The van der Waals surface area contributed by atoms with Crippen LogP contribution in [-0.2, 0) is 6.61 Å². The molecular formula is C25H23FN2O2. The fraction of sp³-hybridized carbons (Fsp3) is 0.200. The Balaban J connectivity index is 2.25. The first-order valence-corrected chi connectivity index (χ1v) is 9.63. The molecule has 1 heterocycles. The monoisotopic (exact) mass is 402 g/mol. The van der Waals surface area contributed by atoms with Gasteiger partial charge in [0.2, 0.25) is 0 Å². The van der Waals surface area contributed by atoms with E-state index >= 15 is 0 Å². The first-order valence-electron chi connectivity index (χ1n) is 9.63.